The number of rotatable bonds is 1. The number of amides is 1. The molecule has 11 heavy (non-hydrogen) atoms. The summed E-state index contributed by atoms with van der Waals surface area (Å²) >= 11 is 0. The minimum atomic E-state index is 0.00926. The van der Waals surface area contributed by atoms with Crippen LogP contribution in [-0.2, 0) is 4.79 Å². The Morgan fingerprint density at radius 3 is 1.55 bits per heavy atom. The molecule has 0 rings (SSSR count). The van der Waals surface area contributed by atoms with Gasteiger partial charge in [-0.25, -0.2) is 0 Å². The lowest BCUT2D eigenvalue weighted by molar-refractivity contribution is -0.125. The van der Waals surface area contributed by atoms with Crippen molar-refractivity contribution in [2.24, 2.45) is 0 Å². The van der Waals surface area contributed by atoms with Crippen molar-refractivity contribution in [2.45, 2.75) is 34.6 Å². The van der Waals surface area contributed by atoms with Crippen molar-refractivity contribution in [3.05, 3.63) is 12.8 Å². The summed E-state index contributed by atoms with van der Waals surface area (Å²) in [6.45, 7) is 12.9. The van der Waals surface area contributed by atoms with Crippen LogP contribution in [0.1, 0.15) is 34.6 Å². The SMILES string of the molecule is C=CN(C)C(C)=O.CC.CC. The lowest BCUT2D eigenvalue weighted by Gasteiger charge is -2.04. The van der Waals surface area contributed by atoms with Crippen molar-refractivity contribution >= 4 is 5.91 Å². The van der Waals surface area contributed by atoms with Gasteiger partial charge in [-0.1, -0.05) is 34.3 Å². The molecule has 0 heterocycles. The molecule has 2 heteroatoms. The minimum absolute atomic E-state index is 0.00926. The molecule has 0 aliphatic rings. The van der Waals surface area contributed by atoms with E-state index in [1.807, 2.05) is 27.7 Å². The van der Waals surface area contributed by atoms with Crippen LogP contribution in [0.25, 0.3) is 0 Å². The zero-order valence-corrected chi connectivity index (χ0v) is 8.64. The number of nitrogens with zero attached hydrogens (tertiary/aromatic N) is 1. The van der Waals surface area contributed by atoms with E-state index in [1.165, 1.54) is 18.0 Å². The maximum atomic E-state index is 10.2. The zero-order valence-electron chi connectivity index (χ0n) is 8.64. The molecule has 0 unspecified atom stereocenters. The van der Waals surface area contributed by atoms with Crippen LogP contribution in [0.15, 0.2) is 12.8 Å². The molecule has 0 saturated heterocycles. The van der Waals surface area contributed by atoms with E-state index in [2.05, 4.69) is 6.58 Å². The summed E-state index contributed by atoms with van der Waals surface area (Å²) in [6, 6.07) is 0. The van der Waals surface area contributed by atoms with E-state index in [1.54, 1.807) is 7.05 Å². The van der Waals surface area contributed by atoms with Gasteiger partial charge in [0.15, 0.2) is 0 Å². The first kappa shape index (κ1) is 16.7. The highest BCUT2D eigenvalue weighted by Gasteiger charge is 1.90. The van der Waals surface area contributed by atoms with Gasteiger partial charge in [-0.05, 0) is 6.20 Å². The zero-order chi connectivity index (χ0) is 9.86. The highest BCUT2D eigenvalue weighted by Crippen LogP contribution is 1.79. The molecule has 0 aromatic rings. The van der Waals surface area contributed by atoms with E-state index in [0.717, 1.165) is 0 Å². The Bertz CT molecular complexity index is 89.6. The second-order valence-electron chi connectivity index (χ2n) is 1.31. The van der Waals surface area contributed by atoms with Crippen LogP contribution in [0.3, 0.4) is 0 Å². The van der Waals surface area contributed by atoms with Crippen molar-refractivity contribution in [2.75, 3.05) is 7.05 Å². The molecule has 0 spiro atoms. The lowest BCUT2D eigenvalue weighted by Crippen LogP contribution is -2.15. The van der Waals surface area contributed by atoms with E-state index in [-0.39, 0.29) is 5.91 Å². The van der Waals surface area contributed by atoms with Gasteiger partial charge in [0.25, 0.3) is 0 Å². The van der Waals surface area contributed by atoms with E-state index >= 15 is 0 Å². The second-order valence-corrected chi connectivity index (χ2v) is 1.31. The Morgan fingerprint density at radius 1 is 1.27 bits per heavy atom. The first-order chi connectivity index (χ1) is 5.18. The first-order valence-electron chi connectivity index (χ1n) is 4.04. The number of carbonyl (C=O) groups excluding carboxylic acids is 1. The fourth-order valence-electron chi connectivity index (χ4n) is 0.129. The van der Waals surface area contributed by atoms with Gasteiger partial charge < -0.3 is 4.90 Å². The maximum Gasteiger partial charge on any atom is 0.223 e. The van der Waals surface area contributed by atoms with Crippen LogP contribution in [0.2, 0.25) is 0 Å². The summed E-state index contributed by atoms with van der Waals surface area (Å²) in [5.41, 5.74) is 0. The van der Waals surface area contributed by atoms with Gasteiger partial charge in [0.2, 0.25) is 5.91 Å². The van der Waals surface area contributed by atoms with Gasteiger partial charge in [0.1, 0.15) is 0 Å². The molecule has 0 bridgehead atoms. The Hall–Kier alpha value is -0.790. The van der Waals surface area contributed by atoms with E-state index < -0.39 is 0 Å². The largest absolute Gasteiger partial charge is 0.323 e. The molecule has 0 atom stereocenters. The standard InChI is InChI=1S/C5H9NO.2C2H6/c1-4-6(3)5(2)7;2*1-2/h4H,1H2,2-3H3;2*1-2H3. The lowest BCUT2D eigenvalue weighted by atomic mass is 10.6. The van der Waals surface area contributed by atoms with Gasteiger partial charge in [-0.3, -0.25) is 4.79 Å². The summed E-state index contributed by atoms with van der Waals surface area (Å²) < 4.78 is 0. The smallest absolute Gasteiger partial charge is 0.223 e. The summed E-state index contributed by atoms with van der Waals surface area (Å²) in [6.07, 6.45) is 1.47. The van der Waals surface area contributed by atoms with E-state index in [9.17, 15) is 4.79 Å². The Morgan fingerprint density at radius 2 is 1.55 bits per heavy atom. The third kappa shape index (κ3) is 17.6. The van der Waals surface area contributed by atoms with Crippen LogP contribution in [0.4, 0.5) is 0 Å². The first-order valence-corrected chi connectivity index (χ1v) is 4.04. The average Bonchev–Trinajstić information content (AvgIpc) is 2.10. The van der Waals surface area contributed by atoms with Gasteiger partial charge >= 0.3 is 0 Å². The van der Waals surface area contributed by atoms with Crippen LogP contribution < -0.4 is 0 Å². The number of carbonyl (C=O) groups is 1. The van der Waals surface area contributed by atoms with Crippen LogP contribution >= 0.6 is 0 Å². The summed E-state index contributed by atoms with van der Waals surface area (Å²) in [4.78, 5) is 11.6. The molecule has 0 saturated carbocycles. The highest BCUT2D eigenvalue weighted by molar-refractivity contribution is 5.73. The Labute approximate surface area is 70.9 Å². The van der Waals surface area contributed by atoms with Crippen LogP contribution in [0, 0.1) is 0 Å². The summed E-state index contributed by atoms with van der Waals surface area (Å²) in [7, 11) is 1.66. The van der Waals surface area contributed by atoms with Gasteiger partial charge in [-0.15, -0.1) is 0 Å². The van der Waals surface area contributed by atoms with Gasteiger partial charge in [0.05, 0.1) is 0 Å². The topological polar surface area (TPSA) is 20.3 Å². The molecule has 0 aliphatic heterocycles. The third-order valence-electron chi connectivity index (χ3n) is 0.771. The molecule has 0 radical (unpaired) electrons. The van der Waals surface area contributed by atoms with Gasteiger partial charge in [0, 0.05) is 14.0 Å². The average molecular weight is 159 g/mol. The van der Waals surface area contributed by atoms with Crippen molar-refractivity contribution in [1.82, 2.24) is 4.90 Å². The predicted molar refractivity (Wildman–Crippen MR) is 51.3 cm³/mol. The van der Waals surface area contributed by atoms with Gasteiger partial charge in [-0.2, -0.15) is 0 Å². The quantitative estimate of drug-likeness (QED) is 0.576. The normalized spacial score (nSPS) is 6.00. The second kappa shape index (κ2) is 16.1. The molecule has 68 valence electrons. The van der Waals surface area contributed by atoms with Crippen molar-refractivity contribution in [3.8, 4) is 0 Å². The third-order valence-corrected chi connectivity index (χ3v) is 0.771. The summed E-state index contributed by atoms with van der Waals surface area (Å²) in [5.74, 6) is 0.00926. The van der Waals surface area contributed by atoms with Crippen LogP contribution in [0.5, 0.6) is 0 Å². The molecule has 0 aromatic heterocycles. The predicted octanol–water partition coefficient (Wildman–Crippen LogP) is 2.66. The van der Waals surface area contributed by atoms with Crippen molar-refractivity contribution in [1.29, 1.82) is 0 Å². The molecule has 1 amide bonds. The van der Waals surface area contributed by atoms with Crippen molar-refractivity contribution in [3.63, 3.8) is 0 Å². The Balaban J connectivity index is -0.000000138. The molecule has 2 nitrogen and oxygen atoms in total. The molecule has 0 N–H and O–H groups in total. The molecule has 0 aliphatic carbocycles. The molecule has 0 fully saturated rings. The minimum Gasteiger partial charge on any atom is -0.323 e. The molecular weight excluding hydrogens is 138 g/mol. The van der Waals surface area contributed by atoms with E-state index in [4.69, 9.17) is 0 Å². The van der Waals surface area contributed by atoms with E-state index in [0.29, 0.717) is 0 Å². The van der Waals surface area contributed by atoms with Crippen molar-refractivity contribution < 1.29 is 4.79 Å². The summed E-state index contributed by atoms with van der Waals surface area (Å²) in [5, 5.41) is 0. The monoisotopic (exact) mass is 159 g/mol. The molecule has 0 aromatic carbocycles. The Kier molecular flexibility index (Phi) is 24.4. The molecular formula is C9H21NO. The highest BCUT2D eigenvalue weighted by atomic mass is 16.2. The maximum absolute atomic E-state index is 10.2. The van der Waals surface area contributed by atoms with Crippen LogP contribution in [-0.4, -0.2) is 17.9 Å². The fraction of sp³-hybridized carbons (Fsp3) is 0.667. The number of hydrogen-bond donors (Lipinski definition) is 0. The fourth-order valence-corrected chi connectivity index (χ4v) is 0.129. The number of hydrogen-bond acceptors (Lipinski definition) is 1.